The Hall–Kier alpha value is -4.11. The molecule has 202 valence electrons. The van der Waals surface area contributed by atoms with Crippen LogP contribution in [0.2, 0.25) is 0 Å². The third kappa shape index (κ3) is 7.06. The molecule has 0 aliphatic heterocycles. The third-order valence-electron chi connectivity index (χ3n) is 5.88. The van der Waals surface area contributed by atoms with Crippen LogP contribution in [0.25, 0.3) is 17.1 Å². The number of carbonyl (C=O) groups is 1. The molecule has 0 bridgehead atoms. The van der Waals surface area contributed by atoms with E-state index in [0.717, 1.165) is 16.8 Å². The van der Waals surface area contributed by atoms with Gasteiger partial charge in [0.25, 0.3) is 5.91 Å². The molecule has 0 fully saturated rings. The zero-order valence-electron chi connectivity index (χ0n) is 22.8. The molecule has 8 nitrogen and oxygen atoms in total. The molecule has 0 saturated carbocycles. The maximum absolute atomic E-state index is 12.6. The summed E-state index contributed by atoms with van der Waals surface area (Å²) in [4.78, 5) is 12.6. The van der Waals surface area contributed by atoms with Gasteiger partial charge in [-0.15, -0.1) is 10.2 Å². The molecular formula is C30H33N5O3S. The number of hydrogen-bond donors (Lipinski definition) is 1. The minimum absolute atomic E-state index is 0.0570. The van der Waals surface area contributed by atoms with Crippen molar-refractivity contribution in [3.63, 3.8) is 0 Å². The molecule has 0 aliphatic rings. The fraction of sp³-hybridized carbons (Fsp3) is 0.267. The van der Waals surface area contributed by atoms with Gasteiger partial charge in [-0.05, 0) is 53.8 Å². The van der Waals surface area contributed by atoms with Crippen LogP contribution in [0, 0.1) is 0 Å². The zero-order valence-corrected chi connectivity index (χ0v) is 23.7. The van der Waals surface area contributed by atoms with Gasteiger partial charge < -0.3 is 9.47 Å². The van der Waals surface area contributed by atoms with Crippen molar-refractivity contribution in [2.24, 2.45) is 5.10 Å². The fourth-order valence-electron chi connectivity index (χ4n) is 3.86. The number of methoxy groups -OCH3 is 1. The summed E-state index contributed by atoms with van der Waals surface area (Å²) in [5.41, 5.74) is 6.52. The van der Waals surface area contributed by atoms with Gasteiger partial charge in [-0.1, -0.05) is 75.0 Å². The molecule has 1 N–H and O–H groups in total. The van der Waals surface area contributed by atoms with E-state index in [0.29, 0.717) is 29.1 Å². The topological polar surface area (TPSA) is 90.6 Å². The minimum atomic E-state index is -0.257. The quantitative estimate of drug-likeness (QED) is 0.153. The molecule has 0 unspecified atom stereocenters. The van der Waals surface area contributed by atoms with Gasteiger partial charge >= 0.3 is 0 Å². The summed E-state index contributed by atoms with van der Waals surface area (Å²) in [5.74, 6) is 1.84. The predicted octanol–water partition coefficient (Wildman–Crippen LogP) is 5.88. The number of nitrogens with zero attached hydrogens (tertiary/aromatic N) is 4. The lowest BCUT2D eigenvalue weighted by Gasteiger charge is -2.19. The number of carbonyl (C=O) groups excluding carboxylic acids is 1. The molecule has 4 rings (SSSR count). The number of thioether (sulfide) groups is 1. The molecule has 4 aromatic rings. The predicted molar refractivity (Wildman–Crippen MR) is 156 cm³/mol. The Kier molecular flexibility index (Phi) is 9.03. The molecule has 39 heavy (non-hydrogen) atoms. The lowest BCUT2D eigenvalue weighted by atomic mass is 9.87. The average Bonchev–Trinajstić information content (AvgIpc) is 3.37. The van der Waals surface area contributed by atoms with Crippen molar-refractivity contribution < 1.29 is 14.3 Å². The Balaban J connectivity index is 1.47. The second-order valence-electron chi connectivity index (χ2n) is 9.73. The van der Waals surface area contributed by atoms with Crippen LogP contribution >= 0.6 is 11.8 Å². The molecule has 0 aliphatic carbocycles. The Bertz CT molecular complexity index is 1430. The van der Waals surface area contributed by atoms with Gasteiger partial charge in [-0.25, -0.2) is 5.43 Å². The first kappa shape index (κ1) is 27.9. The number of nitrogens with one attached hydrogen (secondary N) is 1. The lowest BCUT2D eigenvalue weighted by Crippen LogP contribution is -2.20. The molecule has 1 aromatic heterocycles. The minimum Gasteiger partial charge on any atom is -0.493 e. The van der Waals surface area contributed by atoms with Gasteiger partial charge in [0.1, 0.15) is 0 Å². The highest BCUT2D eigenvalue weighted by Crippen LogP contribution is 2.30. The first-order chi connectivity index (χ1) is 18.8. The average molecular weight is 544 g/mol. The van der Waals surface area contributed by atoms with E-state index in [4.69, 9.17) is 9.47 Å². The molecule has 0 radical (unpaired) electrons. The van der Waals surface area contributed by atoms with Crippen molar-refractivity contribution in [1.29, 1.82) is 0 Å². The van der Waals surface area contributed by atoms with Crippen molar-refractivity contribution in [1.82, 2.24) is 20.2 Å². The van der Waals surface area contributed by atoms with Crippen LogP contribution in [0.15, 0.2) is 83.1 Å². The van der Waals surface area contributed by atoms with E-state index < -0.39 is 0 Å². The number of rotatable bonds is 10. The van der Waals surface area contributed by atoms with E-state index in [1.165, 1.54) is 17.3 Å². The maximum Gasteiger partial charge on any atom is 0.250 e. The molecule has 0 saturated heterocycles. The fourth-order valence-corrected chi connectivity index (χ4v) is 4.60. The van der Waals surface area contributed by atoms with Crippen LogP contribution in [0.3, 0.4) is 0 Å². The van der Waals surface area contributed by atoms with Crippen molar-refractivity contribution in [3.8, 4) is 28.6 Å². The van der Waals surface area contributed by atoms with E-state index in [1.807, 2.05) is 54.0 Å². The number of benzene rings is 3. The SMILES string of the molecule is CCOc1ccc(/C=N/NC(=O)CSc2nnc(-c3ccc(C(C)(C)C)cc3)n2-c2ccccc2)cc1OC. The van der Waals surface area contributed by atoms with Crippen LogP contribution in [0.1, 0.15) is 38.8 Å². The summed E-state index contributed by atoms with van der Waals surface area (Å²) < 4.78 is 12.9. The summed E-state index contributed by atoms with van der Waals surface area (Å²) in [6.45, 7) is 9.02. The highest BCUT2D eigenvalue weighted by atomic mass is 32.2. The van der Waals surface area contributed by atoms with Gasteiger partial charge in [0.15, 0.2) is 22.5 Å². The standard InChI is InChI=1S/C30H33N5O3S/c1-6-38-25-17-12-21(18-26(25)37-5)19-31-32-27(36)20-39-29-34-33-28(35(29)24-10-8-7-9-11-24)22-13-15-23(16-14-22)30(2,3)4/h7-19H,6,20H2,1-5H3,(H,32,36)/b31-19+. The van der Waals surface area contributed by atoms with Crippen LogP contribution in [0.5, 0.6) is 11.5 Å². The second-order valence-corrected chi connectivity index (χ2v) is 10.7. The monoisotopic (exact) mass is 543 g/mol. The summed E-state index contributed by atoms with van der Waals surface area (Å²) in [6.07, 6.45) is 1.56. The highest BCUT2D eigenvalue weighted by Gasteiger charge is 2.19. The second kappa shape index (κ2) is 12.6. The summed E-state index contributed by atoms with van der Waals surface area (Å²) in [7, 11) is 1.58. The van der Waals surface area contributed by atoms with Crippen LogP contribution in [0.4, 0.5) is 0 Å². The smallest absolute Gasteiger partial charge is 0.250 e. The number of para-hydroxylation sites is 1. The van der Waals surface area contributed by atoms with Gasteiger partial charge in [0, 0.05) is 11.3 Å². The van der Waals surface area contributed by atoms with Crippen molar-refractivity contribution >= 4 is 23.9 Å². The third-order valence-corrected chi connectivity index (χ3v) is 6.81. The van der Waals surface area contributed by atoms with E-state index in [9.17, 15) is 4.79 Å². The van der Waals surface area contributed by atoms with Crippen LogP contribution < -0.4 is 14.9 Å². The van der Waals surface area contributed by atoms with Crippen LogP contribution in [-0.4, -0.2) is 46.4 Å². The van der Waals surface area contributed by atoms with E-state index >= 15 is 0 Å². The van der Waals surface area contributed by atoms with Crippen molar-refractivity contribution in [3.05, 3.63) is 83.9 Å². The first-order valence-electron chi connectivity index (χ1n) is 12.7. The summed E-state index contributed by atoms with van der Waals surface area (Å²) in [6, 6.07) is 23.7. The maximum atomic E-state index is 12.6. The zero-order chi connectivity index (χ0) is 27.8. The number of hydrazone groups is 1. The van der Waals surface area contributed by atoms with Gasteiger partial charge in [0.2, 0.25) is 0 Å². The molecule has 0 spiro atoms. The number of amides is 1. The number of hydrogen-bond acceptors (Lipinski definition) is 7. The molecule has 9 heteroatoms. The Morgan fingerprint density at radius 1 is 1.03 bits per heavy atom. The lowest BCUT2D eigenvalue weighted by molar-refractivity contribution is -0.118. The summed E-state index contributed by atoms with van der Waals surface area (Å²) in [5, 5.41) is 13.6. The van der Waals surface area contributed by atoms with Gasteiger partial charge in [0.05, 0.1) is 25.7 Å². The summed E-state index contributed by atoms with van der Waals surface area (Å²) >= 11 is 1.30. The molecule has 1 amide bonds. The Labute approximate surface area is 233 Å². The molecule has 1 heterocycles. The largest absolute Gasteiger partial charge is 0.493 e. The van der Waals surface area contributed by atoms with Gasteiger partial charge in [-0.3, -0.25) is 9.36 Å². The van der Waals surface area contributed by atoms with Crippen molar-refractivity contribution in [2.45, 2.75) is 38.3 Å². The van der Waals surface area contributed by atoms with Gasteiger partial charge in [-0.2, -0.15) is 5.10 Å². The Morgan fingerprint density at radius 2 is 1.77 bits per heavy atom. The molecular weight excluding hydrogens is 510 g/mol. The number of ether oxygens (including phenoxy) is 2. The normalized spacial score (nSPS) is 11.5. The van der Waals surface area contributed by atoms with E-state index in [2.05, 4.69) is 65.8 Å². The van der Waals surface area contributed by atoms with Crippen molar-refractivity contribution in [2.75, 3.05) is 19.5 Å². The first-order valence-corrected chi connectivity index (χ1v) is 13.7. The highest BCUT2D eigenvalue weighted by molar-refractivity contribution is 7.99. The Morgan fingerprint density at radius 3 is 2.44 bits per heavy atom. The van der Waals surface area contributed by atoms with E-state index in [-0.39, 0.29) is 17.1 Å². The van der Waals surface area contributed by atoms with Crippen LogP contribution in [-0.2, 0) is 10.2 Å². The molecule has 0 atom stereocenters. The van der Waals surface area contributed by atoms with E-state index in [1.54, 1.807) is 19.4 Å². The molecule has 3 aromatic carbocycles. The number of aromatic nitrogens is 3.